The monoisotopic (exact) mass is 233 g/mol. The fourth-order valence-corrected chi connectivity index (χ4v) is 2.19. The lowest BCUT2D eigenvalue weighted by Gasteiger charge is -2.28. The van der Waals surface area contributed by atoms with Gasteiger partial charge in [-0.2, -0.15) is 0 Å². The van der Waals surface area contributed by atoms with Gasteiger partial charge in [0.2, 0.25) is 0 Å². The van der Waals surface area contributed by atoms with E-state index in [0.717, 1.165) is 25.8 Å². The second kappa shape index (κ2) is 6.07. The molecule has 1 aliphatic rings. The maximum absolute atomic E-state index is 6.06. The standard InChI is InChI=1S/C12H24ClNO/c1-12(2,15-3)8-9-14-11-6-4-10(13)5-7-11/h10-11,14H,4-9H2,1-3H3. The third-order valence-electron chi connectivity index (χ3n) is 3.37. The molecule has 0 spiro atoms. The van der Waals surface area contributed by atoms with Crippen LogP contribution in [0.2, 0.25) is 0 Å². The molecule has 0 aromatic rings. The van der Waals surface area contributed by atoms with Crippen molar-refractivity contribution in [3.8, 4) is 0 Å². The third kappa shape index (κ3) is 5.19. The molecule has 0 saturated heterocycles. The first-order valence-corrected chi connectivity index (χ1v) is 6.40. The van der Waals surface area contributed by atoms with Gasteiger partial charge in [0.15, 0.2) is 0 Å². The number of hydrogen-bond donors (Lipinski definition) is 1. The van der Waals surface area contributed by atoms with Crippen LogP contribution in [-0.2, 0) is 4.74 Å². The Balaban J connectivity index is 2.10. The number of alkyl halides is 1. The molecule has 1 aliphatic carbocycles. The summed E-state index contributed by atoms with van der Waals surface area (Å²) < 4.78 is 5.38. The predicted molar refractivity (Wildman–Crippen MR) is 65.6 cm³/mol. The summed E-state index contributed by atoms with van der Waals surface area (Å²) >= 11 is 6.06. The number of methoxy groups -OCH3 is 1. The molecular weight excluding hydrogens is 210 g/mol. The predicted octanol–water partition coefficient (Wildman–Crippen LogP) is 2.94. The van der Waals surface area contributed by atoms with Gasteiger partial charge in [-0.15, -0.1) is 11.6 Å². The fourth-order valence-electron chi connectivity index (χ4n) is 1.94. The minimum atomic E-state index is -0.00329. The van der Waals surface area contributed by atoms with Crippen molar-refractivity contribution < 1.29 is 4.74 Å². The second-order valence-corrected chi connectivity index (χ2v) is 5.73. The van der Waals surface area contributed by atoms with Gasteiger partial charge < -0.3 is 10.1 Å². The molecule has 0 aliphatic heterocycles. The fraction of sp³-hybridized carbons (Fsp3) is 1.00. The zero-order valence-corrected chi connectivity index (χ0v) is 10.9. The highest BCUT2D eigenvalue weighted by Gasteiger charge is 2.20. The Bertz CT molecular complexity index is 176. The average molecular weight is 234 g/mol. The Morgan fingerprint density at radius 2 is 1.87 bits per heavy atom. The SMILES string of the molecule is COC(C)(C)CCNC1CCC(Cl)CC1. The van der Waals surface area contributed by atoms with Crippen molar-refractivity contribution in [3.05, 3.63) is 0 Å². The van der Waals surface area contributed by atoms with Crippen molar-refractivity contribution in [1.29, 1.82) is 0 Å². The molecule has 2 nitrogen and oxygen atoms in total. The van der Waals surface area contributed by atoms with Crippen LogP contribution in [-0.4, -0.2) is 30.7 Å². The van der Waals surface area contributed by atoms with Crippen LogP contribution in [0.3, 0.4) is 0 Å². The smallest absolute Gasteiger partial charge is 0.0634 e. The highest BCUT2D eigenvalue weighted by atomic mass is 35.5. The molecule has 0 atom stereocenters. The van der Waals surface area contributed by atoms with E-state index >= 15 is 0 Å². The topological polar surface area (TPSA) is 21.3 Å². The highest BCUT2D eigenvalue weighted by molar-refractivity contribution is 6.20. The molecule has 1 N–H and O–H groups in total. The van der Waals surface area contributed by atoms with E-state index in [1.165, 1.54) is 12.8 Å². The Morgan fingerprint density at radius 3 is 2.40 bits per heavy atom. The molecule has 1 rings (SSSR count). The van der Waals surface area contributed by atoms with E-state index in [1.807, 2.05) is 0 Å². The van der Waals surface area contributed by atoms with E-state index in [0.29, 0.717) is 11.4 Å². The highest BCUT2D eigenvalue weighted by Crippen LogP contribution is 2.23. The first-order valence-electron chi connectivity index (χ1n) is 5.96. The molecule has 3 heteroatoms. The van der Waals surface area contributed by atoms with E-state index in [-0.39, 0.29) is 5.60 Å². The summed E-state index contributed by atoms with van der Waals surface area (Å²) in [6.07, 6.45) is 5.83. The summed E-state index contributed by atoms with van der Waals surface area (Å²) in [6, 6.07) is 0.674. The number of ether oxygens (including phenoxy) is 1. The van der Waals surface area contributed by atoms with Gasteiger partial charge in [-0.3, -0.25) is 0 Å². The zero-order chi connectivity index (χ0) is 11.3. The zero-order valence-electron chi connectivity index (χ0n) is 10.2. The largest absolute Gasteiger partial charge is 0.379 e. The van der Waals surface area contributed by atoms with E-state index in [9.17, 15) is 0 Å². The van der Waals surface area contributed by atoms with Crippen molar-refractivity contribution in [2.45, 2.75) is 63.0 Å². The molecule has 1 fully saturated rings. The average Bonchev–Trinajstić information content (AvgIpc) is 2.21. The van der Waals surface area contributed by atoms with Gasteiger partial charge in [0.1, 0.15) is 0 Å². The molecule has 15 heavy (non-hydrogen) atoms. The molecule has 0 aromatic heterocycles. The molecule has 0 radical (unpaired) electrons. The van der Waals surface area contributed by atoms with Crippen LogP contribution in [0.25, 0.3) is 0 Å². The van der Waals surface area contributed by atoms with Crippen molar-refractivity contribution in [2.24, 2.45) is 0 Å². The van der Waals surface area contributed by atoms with Gasteiger partial charge in [0.25, 0.3) is 0 Å². The molecule has 0 bridgehead atoms. The van der Waals surface area contributed by atoms with Gasteiger partial charge in [0.05, 0.1) is 5.60 Å². The number of rotatable bonds is 5. The summed E-state index contributed by atoms with van der Waals surface area (Å²) in [7, 11) is 1.78. The van der Waals surface area contributed by atoms with Crippen LogP contribution in [0.4, 0.5) is 0 Å². The molecule has 90 valence electrons. The van der Waals surface area contributed by atoms with Crippen molar-refractivity contribution in [3.63, 3.8) is 0 Å². The van der Waals surface area contributed by atoms with E-state index in [1.54, 1.807) is 7.11 Å². The van der Waals surface area contributed by atoms with Gasteiger partial charge in [0, 0.05) is 18.5 Å². The molecule has 0 heterocycles. The molecule has 0 aromatic carbocycles. The van der Waals surface area contributed by atoms with Gasteiger partial charge in [-0.1, -0.05) is 0 Å². The van der Waals surface area contributed by atoms with Crippen LogP contribution in [0.5, 0.6) is 0 Å². The van der Waals surface area contributed by atoms with Crippen molar-refractivity contribution in [1.82, 2.24) is 5.32 Å². The Hall–Kier alpha value is 0.210. The quantitative estimate of drug-likeness (QED) is 0.738. The van der Waals surface area contributed by atoms with E-state index < -0.39 is 0 Å². The molecule has 0 amide bonds. The number of nitrogens with one attached hydrogen (secondary N) is 1. The molecule has 1 saturated carbocycles. The summed E-state index contributed by atoms with van der Waals surface area (Å²) in [5.74, 6) is 0. The summed E-state index contributed by atoms with van der Waals surface area (Å²) in [5, 5.41) is 4.01. The lowest BCUT2D eigenvalue weighted by Crippen LogP contribution is -2.37. The first-order chi connectivity index (χ1) is 7.03. The molecular formula is C12H24ClNO. The normalized spacial score (nSPS) is 28.0. The third-order valence-corrected chi connectivity index (χ3v) is 3.81. The van der Waals surface area contributed by atoms with Gasteiger partial charge in [-0.05, 0) is 52.5 Å². The Labute approximate surface area is 98.7 Å². The minimum absolute atomic E-state index is 0.00329. The second-order valence-electron chi connectivity index (χ2n) is 5.12. The summed E-state index contributed by atoms with van der Waals surface area (Å²) in [6.45, 7) is 5.30. The maximum Gasteiger partial charge on any atom is 0.0634 e. The Kier molecular flexibility index (Phi) is 5.37. The van der Waals surface area contributed by atoms with Gasteiger partial charge >= 0.3 is 0 Å². The lowest BCUT2D eigenvalue weighted by molar-refractivity contribution is 0.0151. The van der Waals surface area contributed by atoms with Crippen LogP contribution in [0, 0.1) is 0 Å². The van der Waals surface area contributed by atoms with Crippen LogP contribution >= 0.6 is 11.6 Å². The number of halogens is 1. The first kappa shape index (κ1) is 13.3. The lowest BCUT2D eigenvalue weighted by atomic mass is 9.94. The summed E-state index contributed by atoms with van der Waals surface area (Å²) in [4.78, 5) is 0. The van der Waals surface area contributed by atoms with Crippen LogP contribution in [0.15, 0.2) is 0 Å². The summed E-state index contributed by atoms with van der Waals surface area (Å²) in [5.41, 5.74) is -0.00329. The van der Waals surface area contributed by atoms with Crippen molar-refractivity contribution in [2.75, 3.05) is 13.7 Å². The maximum atomic E-state index is 6.06. The van der Waals surface area contributed by atoms with E-state index in [4.69, 9.17) is 16.3 Å². The number of hydrogen-bond acceptors (Lipinski definition) is 2. The van der Waals surface area contributed by atoms with Crippen LogP contribution in [0.1, 0.15) is 46.0 Å². The van der Waals surface area contributed by atoms with Crippen molar-refractivity contribution >= 4 is 11.6 Å². The van der Waals surface area contributed by atoms with Crippen LogP contribution < -0.4 is 5.32 Å². The Morgan fingerprint density at radius 1 is 1.27 bits per heavy atom. The van der Waals surface area contributed by atoms with E-state index in [2.05, 4.69) is 19.2 Å². The molecule has 0 unspecified atom stereocenters. The minimum Gasteiger partial charge on any atom is -0.379 e. The van der Waals surface area contributed by atoms with Gasteiger partial charge in [-0.25, -0.2) is 0 Å².